The summed E-state index contributed by atoms with van der Waals surface area (Å²) in [6.07, 6.45) is 0.581. The Morgan fingerprint density at radius 2 is 1.92 bits per heavy atom. The van der Waals surface area contributed by atoms with E-state index < -0.39 is 9.84 Å². The van der Waals surface area contributed by atoms with E-state index in [0.29, 0.717) is 19.5 Å². The number of nitrogens with zero attached hydrogens (tertiary/aromatic N) is 2. The number of fused-ring (bicyclic) bond motifs is 1. The zero-order valence-corrected chi connectivity index (χ0v) is 14.4. The molecule has 0 radical (unpaired) electrons. The molecule has 0 bridgehead atoms. The van der Waals surface area contributed by atoms with Crippen LogP contribution in [-0.4, -0.2) is 41.5 Å². The molecule has 3 rings (SSSR count). The summed E-state index contributed by atoms with van der Waals surface area (Å²) in [4.78, 5) is 24.7. The van der Waals surface area contributed by atoms with Crippen molar-refractivity contribution in [1.82, 2.24) is 14.5 Å². The Kier molecular flexibility index (Phi) is 4.49. The molecule has 1 N–H and O–H groups in total. The molecule has 7 nitrogen and oxygen atoms in total. The number of aromatic nitrogens is 2. The summed E-state index contributed by atoms with van der Waals surface area (Å²) in [5.41, 5.74) is 1.32. The molecule has 2 aromatic rings. The van der Waals surface area contributed by atoms with Crippen molar-refractivity contribution in [1.29, 1.82) is 0 Å². The average Bonchev–Trinajstić information content (AvgIpc) is 3.03. The molecule has 1 unspecified atom stereocenters. The van der Waals surface area contributed by atoms with E-state index in [2.05, 4.69) is 5.32 Å². The third-order valence-electron chi connectivity index (χ3n) is 4.46. The quantitative estimate of drug-likeness (QED) is 0.843. The van der Waals surface area contributed by atoms with Crippen LogP contribution in [0.2, 0.25) is 0 Å². The van der Waals surface area contributed by atoms with Gasteiger partial charge in [0.15, 0.2) is 9.84 Å². The van der Waals surface area contributed by atoms with Gasteiger partial charge in [-0.3, -0.25) is 13.9 Å². The van der Waals surface area contributed by atoms with Gasteiger partial charge in [0.25, 0.3) is 0 Å². The Morgan fingerprint density at radius 1 is 1.25 bits per heavy atom. The first-order valence-corrected chi connectivity index (χ1v) is 9.88. The highest BCUT2D eigenvalue weighted by Crippen LogP contribution is 2.17. The highest BCUT2D eigenvalue weighted by atomic mass is 32.2. The maximum atomic E-state index is 12.5. The minimum absolute atomic E-state index is 0.0346. The number of imidazole rings is 1. The van der Waals surface area contributed by atoms with E-state index in [0.717, 1.165) is 11.0 Å². The van der Waals surface area contributed by atoms with Crippen molar-refractivity contribution in [3.05, 3.63) is 34.7 Å². The van der Waals surface area contributed by atoms with Gasteiger partial charge in [0.1, 0.15) is 6.54 Å². The zero-order valence-electron chi connectivity index (χ0n) is 13.6. The SMILES string of the molecule is CCn1c(=O)n(CC(=O)NCC2CCS(=O)(=O)C2)c2ccccc21. The Hall–Kier alpha value is -2.09. The summed E-state index contributed by atoms with van der Waals surface area (Å²) in [6, 6.07) is 7.37. The maximum absolute atomic E-state index is 12.5. The summed E-state index contributed by atoms with van der Waals surface area (Å²) < 4.78 is 26.0. The normalized spacial score (nSPS) is 19.6. The molecule has 0 spiro atoms. The van der Waals surface area contributed by atoms with Gasteiger partial charge in [0.05, 0.1) is 22.5 Å². The molecule has 0 aliphatic carbocycles. The van der Waals surface area contributed by atoms with Gasteiger partial charge < -0.3 is 5.32 Å². The number of aryl methyl sites for hydroxylation is 1. The predicted molar refractivity (Wildman–Crippen MR) is 91.6 cm³/mol. The van der Waals surface area contributed by atoms with E-state index in [9.17, 15) is 18.0 Å². The van der Waals surface area contributed by atoms with E-state index in [1.807, 2.05) is 31.2 Å². The first-order valence-electron chi connectivity index (χ1n) is 8.06. The van der Waals surface area contributed by atoms with E-state index in [-0.39, 0.29) is 35.6 Å². The van der Waals surface area contributed by atoms with Crippen LogP contribution in [0.25, 0.3) is 11.0 Å². The zero-order chi connectivity index (χ0) is 17.3. The van der Waals surface area contributed by atoms with Crippen molar-refractivity contribution in [2.45, 2.75) is 26.4 Å². The first-order chi connectivity index (χ1) is 11.4. The monoisotopic (exact) mass is 351 g/mol. The Bertz CT molecular complexity index is 926. The summed E-state index contributed by atoms with van der Waals surface area (Å²) in [6.45, 7) is 2.69. The second kappa shape index (κ2) is 6.43. The van der Waals surface area contributed by atoms with Gasteiger partial charge in [0.2, 0.25) is 5.91 Å². The third kappa shape index (κ3) is 3.24. The molecule has 1 atom stereocenters. The molecule has 130 valence electrons. The van der Waals surface area contributed by atoms with Crippen molar-refractivity contribution in [3.8, 4) is 0 Å². The molecular formula is C16H21N3O4S. The van der Waals surface area contributed by atoms with Crippen molar-refractivity contribution in [2.24, 2.45) is 5.92 Å². The van der Waals surface area contributed by atoms with Crippen LogP contribution in [0.1, 0.15) is 13.3 Å². The van der Waals surface area contributed by atoms with E-state index in [1.54, 1.807) is 4.57 Å². The Balaban J connectivity index is 1.72. The standard InChI is InChI=1S/C16H21N3O4S/c1-2-18-13-5-3-4-6-14(13)19(16(18)21)10-15(20)17-9-12-7-8-24(22,23)11-12/h3-6,12H,2,7-11H2,1H3,(H,17,20). The van der Waals surface area contributed by atoms with Crippen molar-refractivity contribution in [3.63, 3.8) is 0 Å². The van der Waals surface area contributed by atoms with Crippen LogP contribution in [0.5, 0.6) is 0 Å². The second-order valence-corrected chi connectivity index (χ2v) is 8.40. The van der Waals surface area contributed by atoms with Crippen LogP contribution in [0.3, 0.4) is 0 Å². The lowest BCUT2D eigenvalue weighted by atomic mass is 10.1. The number of rotatable bonds is 5. The van der Waals surface area contributed by atoms with E-state index >= 15 is 0 Å². The molecule has 1 aromatic heterocycles. The van der Waals surface area contributed by atoms with Gasteiger partial charge in [-0.1, -0.05) is 12.1 Å². The molecule has 1 amide bonds. The highest BCUT2D eigenvalue weighted by Gasteiger charge is 2.28. The van der Waals surface area contributed by atoms with Crippen LogP contribution in [0, 0.1) is 5.92 Å². The second-order valence-electron chi connectivity index (χ2n) is 6.17. The smallest absolute Gasteiger partial charge is 0.329 e. The van der Waals surface area contributed by atoms with Crippen LogP contribution >= 0.6 is 0 Å². The van der Waals surface area contributed by atoms with Crippen LogP contribution < -0.4 is 11.0 Å². The number of hydrogen-bond acceptors (Lipinski definition) is 4. The number of sulfone groups is 1. The number of hydrogen-bond donors (Lipinski definition) is 1. The Labute approximate surface area is 140 Å². The summed E-state index contributed by atoms with van der Waals surface area (Å²) in [5.74, 6) is 0.00682. The fourth-order valence-corrected chi connectivity index (χ4v) is 5.08. The van der Waals surface area contributed by atoms with Gasteiger partial charge in [-0.2, -0.15) is 0 Å². The minimum atomic E-state index is -2.95. The number of amides is 1. The molecule has 1 saturated heterocycles. The van der Waals surface area contributed by atoms with Gasteiger partial charge in [-0.25, -0.2) is 13.2 Å². The number of para-hydroxylation sites is 2. The lowest BCUT2D eigenvalue weighted by Crippen LogP contribution is -2.35. The highest BCUT2D eigenvalue weighted by molar-refractivity contribution is 7.91. The van der Waals surface area contributed by atoms with E-state index in [1.165, 1.54) is 4.57 Å². The molecule has 1 aliphatic heterocycles. The molecule has 0 saturated carbocycles. The fraction of sp³-hybridized carbons (Fsp3) is 0.500. The molecule has 1 fully saturated rings. The van der Waals surface area contributed by atoms with Crippen molar-refractivity contribution in [2.75, 3.05) is 18.1 Å². The fourth-order valence-electron chi connectivity index (χ4n) is 3.22. The van der Waals surface area contributed by atoms with Crippen molar-refractivity contribution < 1.29 is 13.2 Å². The molecule has 24 heavy (non-hydrogen) atoms. The van der Waals surface area contributed by atoms with Crippen LogP contribution in [0.4, 0.5) is 0 Å². The van der Waals surface area contributed by atoms with Gasteiger partial charge in [-0.15, -0.1) is 0 Å². The lowest BCUT2D eigenvalue weighted by Gasteiger charge is -2.10. The van der Waals surface area contributed by atoms with Gasteiger partial charge >= 0.3 is 5.69 Å². The lowest BCUT2D eigenvalue weighted by molar-refractivity contribution is -0.121. The first kappa shape index (κ1) is 16.8. The Morgan fingerprint density at radius 3 is 2.50 bits per heavy atom. The number of benzene rings is 1. The molecular weight excluding hydrogens is 330 g/mol. The number of nitrogens with one attached hydrogen (secondary N) is 1. The summed E-state index contributed by atoms with van der Waals surface area (Å²) in [5, 5.41) is 2.76. The molecule has 2 heterocycles. The molecule has 8 heteroatoms. The van der Waals surface area contributed by atoms with Gasteiger partial charge in [0, 0.05) is 13.1 Å². The topological polar surface area (TPSA) is 90.2 Å². The van der Waals surface area contributed by atoms with Gasteiger partial charge in [-0.05, 0) is 31.4 Å². The van der Waals surface area contributed by atoms with Crippen LogP contribution in [0.15, 0.2) is 29.1 Å². The maximum Gasteiger partial charge on any atom is 0.329 e. The van der Waals surface area contributed by atoms with Crippen LogP contribution in [-0.2, 0) is 27.7 Å². The van der Waals surface area contributed by atoms with Crippen molar-refractivity contribution >= 4 is 26.8 Å². The molecule has 1 aromatic carbocycles. The number of carbonyl (C=O) groups is 1. The average molecular weight is 351 g/mol. The largest absolute Gasteiger partial charge is 0.354 e. The summed E-state index contributed by atoms with van der Waals surface area (Å²) in [7, 11) is -2.95. The molecule has 1 aliphatic rings. The predicted octanol–water partition coefficient (Wildman–Crippen LogP) is 0.374. The number of carbonyl (C=O) groups excluding carboxylic acids is 1. The third-order valence-corrected chi connectivity index (χ3v) is 6.29. The minimum Gasteiger partial charge on any atom is -0.354 e. The summed E-state index contributed by atoms with van der Waals surface area (Å²) >= 11 is 0. The van der Waals surface area contributed by atoms with E-state index in [4.69, 9.17) is 0 Å².